The Morgan fingerprint density at radius 2 is 2.00 bits per heavy atom. The Kier molecular flexibility index (Phi) is 4.73. The highest BCUT2D eigenvalue weighted by atomic mass is 16.4. The molecule has 0 saturated carbocycles. The average Bonchev–Trinajstić information content (AvgIpc) is 2.23. The van der Waals surface area contributed by atoms with Crippen molar-refractivity contribution in [3.63, 3.8) is 0 Å². The average molecular weight is 256 g/mol. The van der Waals surface area contributed by atoms with Gasteiger partial charge >= 0.3 is 5.97 Å². The first-order valence-electron chi connectivity index (χ1n) is 6.43. The number of rotatable bonds is 4. The highest BCUT2D eigenvalue weighted by Gasteiger charge is 2.42. The first-order chi connectivity index (χ1) is 8.25. The maximum Gasteiger partial charge on any atom is 0.321 e. The molecule has 0 aromatic rings. The molecule has 1 aliphatic heterocycles. The summed E-state index contributed by atoms with van der Waals surface area (Å²) in [7, 11) is 3.44. The number of carbonyl (C=O) groups excluding carboxylic acids is 1. The lowest BCUT2D eigenvalue weighted by molar-refractivity contribution is -0.151. The number of piperidine rings is 1. The van der Waals surface area contributed by atoms with E-state index in [1.807, 2.05) is 18.7 Å². The van der Waals surface area contributed by atoms with E-state index in [9.17, 15) is 14.7 Å². The van der Waals surface area contributed by atoms with E-state index in [1.165, 1.54) is 0 Å². The second-order valence-electron chi connectivity index (χ2n) is 5.91. The van der Waals surface area contributed by atoms with Crippen LogP contribution in [-0.4, -0.2) is 60.0 Å². The zero-order chi connectivity index (χ0) is 13.9. The van der Waals surface area contributed by atoms with Gasteiger partial charge in [0, 0.05) is 27.1 Å². The molecule has 5 heteroatoms. The molecule has 1 amide bonds. The number of carboxylic acids is 1. The smallest absolute Gasteiger partial charge is 0.321 e. The Hall–Kier alpha value is -1.10. The lowest BCUT2D eigenvalue weighted by Crippen LogP contribution is -2.54. The maximum atomic E-state index is 11.6. The van der Waals surface area contributed by atoms with Crippen LogP contribution in [0.25, 0.3) is 0 Å². The Morgan fingerprint density at radius 3 is 2.50 bits per heavy atom. The summed E-state index contributed by atoms with van der Waals surface area (Å²) in [6.07, 6.45) is 2.29. The van der Waals surface area contributed by atoms with Crippen LogP contribution in [0, 0.1) is 5.41 Å². The number of amides is 1. The number of likely N-dealkylation sites (tertiary alicyclic amines) is 1. The van der Waals surface area contributed by atoms with E-state index in [1.54, 1.807) is 19.0 Å². The highest BCUT2D eigenvalue weighted by molar-refractivity contribution is 5.76. The van der Waals surface area contributed by atoms with Gasteiger partial charge in [-0.25, -0.2) is 0 Å². The maximum absolute atomic E-state index is 11.6. The standard InChI is InChI=1S/C13H24N2O3/c1-13(2)7-5-8-15(11(13)12(17)18)9-6-10(16)14(3)4/h11H,5-9H2,1-4H3,(H,17,18). The fraction of sp³-hybridized carbons (Fsp3) is 0.846. The number of nitrogens with zero attached hydrogens (tertiary/aromatic N) is 2. The SMILES string of the molecule is CN(C)C(=O)CCN1CCCC(C)(C)C1C(=O)O. The fourth-order valence-electron chi connectivity index (χ4n) is 2.69. The molecule has 1 rings (SSSR count). The van der Waals surface area contributed by atoms with Gasteiger partial charge in [-0.05, 0) is 24.8 Å². The van der Waals surface area contributed by atoms with Crippen LogP contribution < -0.4 is 0 Å². The van der Waals surface area contributed by atoms with Gasteiger partial charge in [-0.3, -0.25) is 14.5 Å². The molecule has 0 spiro atoms. The van der Waals surface area contributed by atoms with Gasteiger partial charge in [0.1, 0.15) is 6.04 Å². The van der Waals surface area contributed by atoms with Crippen molar-refractivity contribution in [3.05, 3.63) is 0 Å². The monoisotopic (exact) mass is 256 g/mol. The molecule has 18 heavy (non-hydrogen) atoms. The Morgan fingerprint density at radius 1 is 1.39 bits per heavy atom. The number of carbonyl (C=O) groups is 2. The second kappa shape index (κ2) is 5.69. The molecule has 104 valence electrons. The lowest BCUT2D eigenvalue weighted by Gasteiger charge is -2.44. The first-order valence-corrected chi connectivity index (χ1v) is 6.43. The van der Waals surface area contributed by atoms with Crippen LogP contribution in [0.1, 0.15) is 33.1 Å². The Labute approximate surface area is 109 Å². The van der Waals surface area contributed by atoms with Crippen LogP contribution in [0.15, 0.2) is 0 Å². The minimum Gasteiger partial charge on any atom is -0.480 e. The fourth-order valence-corrected chi connectivity index (χ4v) is 2.69. The van der Waals surface area contributed by atoms with Crippen molar-refractivity contribution in [3.8, 4) is 0 Å². The lowest BCUT2D eigenvalue weighted by atomic mass is 9.76. The second-order valence-corrected chi connectivity index (χ2v) is 5.91. The normalized spacial score (nSPS) is 23.7. The van der Waals surface area contributed by atoms with Crippen LogP contribution in [0.5, 0.6) is 0 Å². The van der Waals surface area contributed by atoms with Crippen molar-refractivity contribution in [1.29, 1.82) is 0 Å². The quantitative estimate of drug-likeness (QED) is 0.816. The summed E-state index contributed by atoms with van der Waals surface area (Å²) in [5, 5.41) is 9.38. The highest BCUT2D eigenvalue weighted by Crippen LogP contribution is 2.35. The van der Waals surface area contributed by atoms with Crippen LogP contribution in [-0.2, 0) is 9.59 Å². The van der Waals surface area contributed by atoms with Gasteiger partial charge < -0.3 is 10.0 Å². The molecular formula is C13H24N2O3. The zero-order valence-corrected chi connectivity index (χ0v) is 11.8. The predicted molar refractivity (Wildman–Crippen MR) is 69.3 cm³/mol. The van der Waals surface area contributed by atoms with Gasteiger partial charge in [-0.2, -0.15) is 0 Å². The van der Waals surface area contributed by atoms with Crippen LogP contribution in [0.2, 0.25) is 0 Å². The summed E-state index contributed by atoms with van der Waals surface area (Å²) in [4.78, 5) is 26.5. The summed E-state index contributed by atoms with van der Waals surface area (Å²) >= 11 is 0. The number of carboxylic acid groups (broad SMARTS) is 1. The van der Waals surface area contributed by atoms with E-state index in [2.05, 4.69) is 0 Å². The first kappa shape index (κ1) is 15.0. The number of aliphatic carboxylic acids is 1. The van der Waals surface area contributed by atoms with Gasteiger partial charge in [0.15, 0.2) is 0 Å². The van der Waals surface area contributed by atoms with Crippen molar-refractivity contribution >= 4 is 11.9 Å². The molecule has 1 aliphatic rings. The van der Waals surface area contributed by atoms with Crippen LogP contribution in [0.3, 0.4) is 0 Å². The van der Waals surface area contributed by atoms with Crippen LogP contribution >= 0.6 is 0 Å². The summed E-state index contributed by atoms with van der Waals surface area (Å²) in [6.45, 7) is 5.27. The molecule has 1 fully saturated rings. The van der Waals surface area contributed by atoms with E-state index in [0.29, 0.717) is 13.0 Å². The van der Waals surface area contributed by atoms with Crippen LogP contribution in [0.4, 0.5) is 0 Å². The van der Waals surface area contributed by atoms with Gasteiger partial charge in [-0.1, -0.05) is 13.8 Å². The van der Waals surface area contributed by atoms with Crippen molar-refractivity contribution in [2.24, 2.45) is 5.41 Å². The molecule has 1 saturated heterocycles. The Bertz CT molecular complexity index is 326. The molecule has 1 heterocycles. The van der Waals surface area contributed by atoms with Gasteiger partial charge in [0.2, 0.25) is 5.91 Å². The molecule has 0 bridgehead atoms. The topological polar surface area (TPSA) is 60.9 Å². The molecule has 0 aromatic heterocycles. The van der Waals surface area contributed by atoms with Crippen molar-refractivity contribution in [1.82, 2.24) is 9.80 Å². The third-order valence-electron chi connectivity index (χ3n) is 3.72. The Balaban J connectivity index is 2.68. The summed E-state index contributed by atoms with van der Waals surface area (Å²) in [5.74, 6) is -0.737. The minimum atomic E-state index is -0.781. The molecule has 1 unspecified atom stereocenters. The summed E-state index contributed by atoms with van der Waals surface area (Å²) < 4.78 is 0. The molecule has 1 atom stereocenters. The molecule has 0 radical (unpaired) electrons. The third-order valence-corrected chi connectivity index (χ3v) is 3.72. The van der Waals surface area contributed by atoms with E-state index in [-0.39, 0.29) is 11.3 Å². The van der Waals surface area contributed by atoms with Gasteiger partial charge in [0.05, 0.1) is 0 Å². The van der Waals surface area contributed by atoms with E-state index in [0.717, 1.165) is 19.4 Å². The summed E-state index contributed by atoms with van der Waals surface area (Å²) in [6, 6.07) is -0.485. The van der Waals surface area contributed by atoms with E-state index >= 15 is 0 Å². The molecule has 1 N–H and O–H groups in total. The zero-order valence-electron chi connectivity index (χ0n) is 11.8. The molecule has 5 nitrogen and oxygen atoms in total. The van der Waals surface area contributed by atoms with Crippen molar-refractivity contribution in [2.75, 3.05) is 27.2 Å². The van der Waals surface area contributed by atoms with Gasteiger partial charge in [-0.15, -0.1) is 0 Å². The largest absolute Gasteiger partial charge is 0.480 e. The van der Waals surface area contributed by atoms with Gasteiger partial charge in [0.25, 0.3) is 0 Å². The number of hydrogen-bond acceptors (Lipinski definition) is 3. The molecule has 0 aromatic carbocycles. The molecule has 0 aliphatic carbocycles. The van der Waals surface area contributed by atoms with E-state index < -0.39 is 12.0 Å². The molecular weight excluding hydrogens is 232 g/mol. The minimum absolute atomic E-state index is 0.0440. The van der Waals surface area contributed by atoms with E-state index in [4.69, 9.17) is 0 Å². The van der Waals surface area contributed by atoms with Crippen molar-refractivity contribution in [2.45, 2.75) is 39.2 Å². The van der Waals surface area contributed by atoms with Crippen molar-refractivity contribution < 1.29 is 14.7 Å². The summed E-state index contributed by atoms with van der Waals surface area (Å²) in [5.41, 5.74) is -0.231. The number of hydrogen-bond donors (Lipinski definition) is 1. The predicted octanol–water partition coefficient (Wildman–Crippen LogP) is 1.04. The third kappa shape index (κ3) is 3.45.